The van der Waals surface area contributed by atoms with Crippen molar-refractivity contribution in [2.75, 3.05) is 13.7 Å². The Kier molecular flexibility index (Phi) is 6.68. The zero-order valence-electron chi connectivity index (χ0n) is 9.41. The molecule has 0 aromatic carbocycles. The third kappa shape index (κ3) is 4.19. The summed E-state index contributed by atoms with van der Waals surface area (Å²) in [6.07, 6.45) is 7.74. The first-order chi connectivity index (χ1) is 6.69. The monoisotopic (exact) mass is 193 g/mol. The lowest BCUT2D eigenvalue weighted by molar-refractivity contribution is 0.335. The molecule has 0 rings (SSSR count). The van der Waals surface area contributed by atoms with Gasteiger partial charge in [0.05, 0.1) is 6.61 Å². The zero-order valence-corrected chi connectivity index (χ0v) is 9.41. The second-order valence-corrected chi connectivity index (χ2v) is 2.93. The molecule has 0 bridgehead atoms. The van der Waals surface area contributed by atoms with E-state index < -0.39 is 0 Å². The Balaban J connectivity index is 4.90. The fourth-order valence-corrected chi connectivity index (χ4v) is 1.09. The lowest BCUT2D eigenvalue weighted by Gasteiger charge is -2.02. The molecule has 0 aliphatic rings. The topological polar surface area (TPSA) is 32.6 Å². The van der Waals surface area contributed by atoms with Gasteiger partial charge in [0.1, 0.15) is 0 Å². The summed E-state index contributed by atoms with van der Waals surface area (Å²) in [5.74, 6) is 0. The van der Waals surface area contributed by atoms with E-state index in [0.717, 1.165) is 16.9 Å². The predicted molar refractivity (Wildman–Crippen MR) is 62.8 cm³/mol. The first-order valence-corrected chi connectivity index (χ1v) is 4.73. The summed E-state index contributed by atoms with van der Waals surface area (Å²) in [7, 11) is 1.76. The quantitative estimate of drug-likeness (QED) is 0.540. The summed E-state index contributed by atoms with van der Waals surface area (Å²) in [4.78, 5) is 4.11. The minimum absolute atomic E-state index is 0.0542. The molecule has 78 valence electrons. The Morgan fingerprint density at radius 3 is 2.36 bits per heavy atom. The molecular weight excluding hydrogens is 174 g/mol. The highest BCUT2D eigenvalue weighted by atomic mass is 16.3. The van der Waals surface area contributed by atoms with Crippen LogP contribution in [-0.4, -0.2) is 24.5 Å². The molecule has 1 N–H and O–H groups in total. The molecule has 0 saturated heterocycles. The SMILES string of the molecule is C\C=C/C(=C\C(=C\C)C(C)=NC)CO. The zero-order chi connectivity index (χ0) is 11.0. The predicted octanol–water partition coefficient (Wildman–Crippen LogP) is 2.52. The van der Waals surface area contributed by atoms with Crippen molar-refractivity contribution in [1.29, 1.82) is 0 Å². The lowest BCUT2D eigenvalue weighted by atomic mass is 10.1. The van der Waals surface area contributed by atoms with Crippen LogP contribution in [-0.2, 0) is 0 Å². The van der Waals surface area contributed by atoms with Crippen molar-refractivity contribution in [3.63, 3.8) is 0 Å². The van der Waals surface area contributed by atoms with Gasteiger partial charge in [-0.05, 0) is 38.0 Å². The van der Waals surface area contributed by atoms with Crippen LogP contribution < -0.4 is 0 Å². The molecule has 0 atom stereocenters. The number of aliphatic imine (C=N–C) groups is 1. The van der Waals surface area contributed by atoms with Crippen LogP contribution in [0.3, 0.4) is 0 Å². The Morgan fingerprint density at radius 2 is 2.00 bits per heavy atom. The van der Waals surface area contributed by atoms with Crippen LogP contribution in [0.1, 0.15) is 20.8 Å². The van der Waals surface area contributed by atoms with Crippen LogP contribution in [0.25, 0.3) is 0 Å². The van der Waals surface area contributed by atoms with Crippen LogP contribution >= 0.6 is 0 Å². The smallest absolute Gasteiger partial charge is 0.0681 e. The Morgan fingerprint density at radius 1 is 1.36 bits per heavy atom. The van der Waals surface area contributed by atoms with Crippen molar-refractivity contribution in [2.45, 2.75) is 20.8 Å². The molecule has 0 aliphatic carbocycles. The van der Waals surface area contributed by atoms with E-state index in [1.54, 1.807) is 7.05 Å². The van der Waals surface area contributed by atoms with E-state index in [2.05, 4.69) is 4.99 Å². The molecule has 0 heterocycles. The van der Waals surface area contributed by atoms with Gasteiger partial charge in [0.25, 0.3) is 0 Å². The molecule has 0 fully saturated rings. The number of hydrogen-bond acceptors (Lipinski definition) is 2. The fraction of sp³-hybridized carbons (Fsp3) is 0.417. The first kappa shape index (κ1) is 12.8. The number of nitrogens with zero attached hydrogens (tertiary/aromatic N) is 1. The minimum atomic E-state index is 0.0542. The number of aliphatic hydroxyl groups excluding tert-OH is 1. The summed E-state index contributed by atoms with van der Waals surface area (Å²) in [5.41, 5.74) is 2.92. The fourth-order valence-electron chi connectivity index (χ4n) is 1.09. The highest BCUT2D eigenvalue weighted by Gasteiger charge is 1.97. The Hall–Kier alpha value is -1.15. The van der Waals surface area contributed by atoms with Gasteiger partial charge in [-0.1, -0.05) is 18.2 Å². The molecular formula is C12H19NO. The van der Waals surface area contributed by atoms with Gasteiger partial charge < -0.3 is 5.11 Å². The van der Waals surface area contributed by atoms with Crippen LogP contribution in [0.5, 0.6) is 0 Å². The van der Waals surface area contributed by atoms with Crippen molar-refractivity contribution in [3.05, 3.63) is 35.5 Å². The number of allylic oxidation sites excluding steroid dienone is 4. The van der Waals surface area contributed by atoms with Gasteiger partial charge in [-0.15, -0.1) is 0 Å². The third-order valence-electron chi connectivity index (χ3n) is 1.97. The van der Waals surface area contributed by atoms with E-state index >= 15 is 0 Å². The van der Waals surface area contributed by atoms with Crippen LogP contribution in [0.4, 0.5) is 0 Å². The van der Waals surface area contributed by atoms with Crippen LogP contribution in [0.15, 0.2) is 40.4 Å². The van der Waals surface area contributed by atoms with E-state index in [1.165, 1.54) is 0 Å². The number of aliphatic hydroxyl groups is 1. The second-order valence-electron chi connectivity index (χ2n) is 2.93. The van der Waals surface area contributed by atoms with E-state index in [-0.39, 0.29) is 6.61 Å². The maximum absolute atomic E-state index is 9.07. The van der Waals surface area contributed by atoms with Crippen molar-refractivity contribution in [1.82, 2.24) is 0 Å². The van der Waals surface area contributed by atoms with E-state index in [4.69, 9.17) is 5.11 Å². The Labute approximate surface area is 86.4 Å². The van der Waals surface area contributed by atoms with Crippen molar-refractivity contribution >= 4 is 5.71 Å². The van der Waals surface area contributed by atoms with Gasteiger partial charge in [-0.25, -0.2) is 0 Å². The summed E-state index contributed by atoms with van der Waals surface area (Å²) in [5, 5.41) is 9.07. The van der Waals surface area contributed by atoms with Crippen molar-refractivity contribution in [2.24, 2.45) is 4.99 Å². The summed E-state index contributed by atoms with van der Waals surface area (Å²) in [6, 6.07) is 0. The molecule has 0 unspecified atom stereocenters. The van der Waals surface area contributed by atoms with Gasteiger partial charge in [-0.2, -0.15) is 0 Å². The average Bonchev–Trinajstić information content (AvgIpc) is 2.23. The average molecular weight is 193 g/mol. The Bertz CT molecular complexity index is 283. The van der Waals surface area contributed by atoms with Crippen molar-refractivity contribution in [3.8, 4) is 0 Å². The van der Waals surface area contributed by atoms with Gasteiger partial charge in [-0.3, -0.25) is 4.99 Å². The maximum Gasteiger partial charge on any atom is 0.0681 e. The molecule has 0 aromatic heterocycles. The van der Waals surface area contributed by atoms with Crippen LogP contribution in [0.2, 0.25) is 0 Å². The largest absolute Gasteiger partial charge is 0.392 e. The van der Waals surface area contributed by atoms with Crippen LogP contribution in [0, 0.1) is 0 Å². The van der Waals surface area contributed by atoms with E-state index in [0.29, 0.717) is 0 Å². The maximum atomic E-state index is 9.07. The van der Waals surface area contributed by atoms with E-state index in [1.807, 2.05) is 45.1 Å². The normalized spacial score (nSPS) is 15.4. The summed E-state index contributed by atoms with van der Waals surface area (Å²) < 4.78 is 0. The van der Waals surface area contributed by atoms with Gasteiger partial charge >= 0.3 is 0 Å². The molecule has 2 nitrogen and oxygen atoms in total. The van der Waals surface area contributed by atoms with Gasteiger partial charge in [0, 0.05) is 12.8 Å². The van der Waals surface area contributed by atoms with Gasteiger partial charge in [0.15, 0.2) is 0 Å². The highest BCUT2D eigenvalue weighted by molar-refractivity contribution is 6.00. The number of hydrogen-bond donors (Lipinski definition) is 1. The molecule has 0 amide bonds. The molecule has 0 aliphatic heterocycles. The number of rotatable bonds is 4. The second kappa shape index (κ2) is 7.27. The highest BCUT2D eigenvalue weighted by Crippen LogP contribution is 2.06. The third-order valence-corrected chi connectivity index (χ3v) is 1.97. The first-order valence-electron chi connectivity index (χ1n) is 4.73. The molecule has 0 radical (unpaired) electrons. The van der Waals surface area contributed by atoms with Crippen molar-refractivity contribution < 1.29 is 5.11 Å². The molecule has 14 heavy (non-hydrogen) atoms. The molecule has 0 spiro atoms. The molecule has 0 saturated carbocycles. The summed E-state index contributed by atoms with van der Waals surface area (Å²) in [6.45, 7) is 5.90. The minimum Gasteiger partial charge on any atom is -0.392 e. The standard InChI is InChI=1S/C12H19NO/c1-5-7-11(9-14)8-12(6-2)10(3)13-4/h5-8,14H,9H2,1-4H3/b7-5-,11-8+,12-6-,13-10?. The van der Waals surface area contributed by atoms with E-state index in [9.17, 15) is 0 Å². The lowest BCUT2D eigenvalue weighted by Crippen LogP contribution is -1.96. The molecule has 0 aromatic rings. The summed E-state index contributed by atoms with van der Waals surface area (Å²) >= 11 is 0. The molecule has 2 heteroatoms. The van der Waals surface area contributed by atoms with Gasteiger partial charge in [0.2, 0.25) is 0 Å².